The molecule has 2 aromatic carbocycles. The number of hydrogen-bond acceptors (Lipinski definition) is 11. The van der Waals surface area contributed by atoms with Crippen molar-refractivity contribution in [2.24, 2.45) is 23.2 Å². The minimum atomic E-state index is -1.16. The van der Waals surface area contributed by atoms with E-state index in [1.165, 1.54) is 0 Å². The highest BCUT2D eigenvalue weighted by Crippen LogP contribution is 2.56. The molecule has 2 aromatic rings. The molecule has 0 spiro atoms. The molecule has 3 aliphatic heterocycles. The Morgan fingerprint density at radius 2 is 0.837 bits per heavy atom. The lowest BCUT2D eigenvalue weighted by Gasteiger charge is -2.57. The van der Waals surface area contributed by atoms with E-state index in [1.54, 1.807) is 6.92 Å². The van der Waals surface area contributed by atoms with E-state index in [4.69, 9.17) is 14.6 Å². The van der Waals surface area contributed by atoms with Gasteiger partial charge in [0.05, 0.1) is 10.8 Å². The van der Waals surface area contributed by atoms with Crippen molar-refractivity contribution in [3.05, 3.63) is 57.6 Å². The Kier molecular flexibility index (Phi) is 22.7. The van der Waals surface area contributed by atoms with Gasteiger partial charge in [0, 0.05) is 46.1 Å². The van der Waals surface area contributed by atoms with Crippen molar-refractivity contribution >= 4 is 23.9 Å². The molecule has 2 unspecified atom stereocenters. The van der Waals surface area contributed by atoms with Gasteiger partial charge in [-0.3, -0.25) is 19.2 Å². The molecule has 2 atom stereocenters. The Hall–Kier alpha value is -4.20. The average molecular weight is 1200 g/mol. The quantitative estimate of drug-likeness (QED) is 0.0517. The number of carboxylic acids is 2. The number of nitrogens with one attached hydrogen (secondary N) is 3. The maximum Gasteiger partial charge on any atom is 0.317 e. The lowest BCUT2D eigenvalue weighted by Crippen LogP contribution is -2.65. The summed E-state index contributed by atoms with van der Waals surface area (Å²) in [5.41, 5.74) is -0.105. The van der Waals surface area contributed by atoms with Crippen LogP contribution in [-0.2, 0) is 55.7 Å². The third kappa shape index (κ3) is 18.9. The van der Waals surface area contributed by atoms with Gasteiger partial charge in [0.15, 0.2) is 6.10 Å². The highest BCUT2D eigenvalue weighted by Gasteiger charge is 2.59. The number of piperidine rings is 3. The lowest BCUT2D eigenvalue weighted by molar-refractivity contribution is -0.167. The monoisotopic (exact) mass is 1200 g/mol. The highest BCUT2D eigenvalue weighted by molar-refractivity contribution is 5.84. The maximum atomic E-state index is 15.4. The van der Waals surface area contributed by atoms with Gasteiger partial charge in [-0.15, -0.1) is 0 Å². The highest BCUT2D eigenvalue weighted by atomic mass is 16.6. The Morgan fingerprint density at radius 1 is 0.512 bits per heavy atom. The first kappa shape index (κ1) is 74.3. The number of phenolic OH excluding ortho intramolecular Hbond substituents is 2. The van der Waals surface area contributed by atoms with Gasteiger partial charge in [0.2, 0.25) is 0 Å². The second-order valence-electron chi connectivity index (χ2n) is 35.0. The van der Waals surface area contributed by atoms with Crippen LogP contribution in [0.5, 0.6) is 11.5 Å². The van der Waals surface area contributed by atoms with E-state index in [0.29, 0.717) is 31.2 Å². The van der Waals surface area contributed by atoms with Gasteiger partial charge in [-0.05, 0) is 226 Å². The van der Waals surface area contributed by atoms with E-state index < -0.39 is 56.5 Å². The number of hydrogen-bond donors (Lipinski definition) is 7. The number of carbonyl (C=O) groups excluding carboxylic acids is 2. The molecule has 7 N–H and O–H groups in total. The van der Waals surface area contributed by atoms with Crippen LogP contribution in [0.1, 0.15) is 309 Å². The molecule has 0 aromatic heterocycles. The summed E-state index contributed by atoms with van der Waals surface area (Å²) in [5, 5.41) is 54.4. The first-order chi connectivity index (χ1) is 38.6. The number of rotatable bonds is 19. The molecule has 0 saturated carbocycles. The van der Waals surface area contributed by atoms with Crippen molar-refractivity contribution in [3.63, 3.8) is 0 Å². The van der Waals surface area contributed by atoms with E-state index in [2.05, 4.69) is 141 Å². The van der Waals surface area contributed by atoms with E-state index in [-0.39, 0.29) is 87.9 Å². The molecule has 0 radical (unpaired) electrons. The zero-order valence-corrected chi connectivity index (χ0v) is 59.0. The summed E-state index contributed by atoms with van der Waals surface area (Å²) in [7, 11) is 0. The third-order valence-electron chi connectivity index (χ3n) is 19.0. The summed E-state index contributed by atoms with van der Waals surface area (Å²) in [4.78, 5) is 52.2. The van der Waals surface area contributed by atoms with Gasteiger partial charge >= 0.3 is 23.9 Å². The smallest absolute Gasteiger partial charge is 0.317 e. The number of phenols is 2. The zero-order chi connectivity index (χ0) is 66.2. The Balaban J connectivity index is 0.000000403. The number of unbranched alkanes of at least 4 members (excludes halogenated alkanes) is 4. The molecule has 13 nitrogen and oxygen atoms in total. The van der Waals surface area contributed by atoms with Crippen molar-refractivity contribution in [1.82, 2.24) is 16.0 Å². The molecule has 3 fully saturated rings. The Bertz CT molecular complexity index is 2550. The Labute approximate surface area is 521 Å². The number of aromatic hydroxyl groups is 2. The fourth-order valence-electron chi connectivity index (χ4n) is 15.8. The van der Waals surface area contributed by atoms with Crippen LogP contribution in [0, 0.1) is 23.2 Å². The molecule has 13 heteroatoms. The first-order valence-electron chi connectivity index (χ1n) is 32.6. The van der Waals surface area contributed by atoms with E-state index in [1.807, 2.05) is 72.7 Å². The standard InChI is InChI=1S/C45H71NO6.C28H52N2O4/c1-19-35(47)51-26-34(27-20-30(39(2,3)4)36(48)31(21-27)40(5,6)7)52-38(50)45(18,29-24-43(14,15)46-44(16,17)25-29)28-22-32(41(8,9)10)37(49)33(23-28)42(11,12)13;1-24(2)16-20(17-25(3,4)29-24)28(23(33)34,15-13-11-9-10-12-14-22(31)32)21-18-26(5,6)30-27(7,8)19-21/h20-23,29,34,46,48-49H,19,24-26H2,1-18H3;20-21,29-30H,9-19H2,1-8H3,(H,31,32)(H,33,34). The summed E-state index contributed by atoms with van der Waals surface area (Å²) >= 11 is 0. The topological polar surface area (TPSA) is 204 Å². The summed E-state index contributed by atoms with van der Waals surface area (Å²) in [6.45, 7) is 54.7. The van der Waals surface area contributed by atoms with Gasteiger partial charge in [0.1, 0.15) is 18.1 Å². The van der Waals surface area contributed by atoms with Gasteiger partial charge in [-0.25, -0.2) is 0 Å². The average Bonchev–Trinajstić information content (AvgIpc) is 0.766. The van der Waals surface area contributed by atoms with Crippen LogP contribution in [0.3, 0.4) is 0 Å². The number of carboxylic acid groups (broad SMARTS) is 2. The van der Waals surface area contributed by atoms with Crippen LogP contribution in [0.2, 0.25) is 0 Å². The van der Waals surface area contributed by atoms with Crippen LogP contribution >= 0.6 is 0 Å². The fraction of sp³-hybridized carbons (Fsp3) is 0.781. The molecular formula is C73H123N3O10. The minimum Gasteiger partial charge on any atom is -0.507 e. The number of esters is 2. The first-order valence-corrected chi connectivity index (χ1v) is 32.6. The second-order valence-corrected chi connectivity index (χ2v) is 35.0. The summed E-state index contributed by atoms with van der Waals surface area (Å²) < 4.78 is 12.5. The Morgan fingerprint density at radius 3 is 1.16 bits per heavy atom. The second kappa shape index (κ2) is 26.3. The van der Waals surface area contributed by atoms with Gasteiger partial charge < -0.3 is 45.9 Å². The molecule has 0 aliphatic carbocycles. The van der Waals surface area contributed by atoms with E-state index in [9.17, 15) is 29.7 Å². The predicted octanol–water partition coefficient (Wildman–Crippen LogP) is 16.3. The van der Waals surface area contributed by atoms with Crippen LogP contribution < -0.4 is 16.0 Å². The van der Waals surface area contributed by atoms with Crippen LogP contribution in [0.15, 0.2) is 24.3 Å². The van der Waals surface area contributed by atoms with Gasteiger partial charge in [-0.2, -0.15) is 0 Å². The van der Waals surface area contributed by atoms with Gasteiger partial charge in [-0.1, -0.05) is 128 Å². The number of carbonyl (C=O) groups is 4. The maximum absolute atomic E-state index is 15.4. The SMILES string of the molecule is CC1(C)CC(C(CCCCCCCC(=O)O)(C(=O)O)C2CC(C)(C)NC(C)(C)C2)CC(C)(C)N1.CCC(=O)OCC(OC(=O)C(C)(c1cc(C(C)(C)C)c(O)c(C(C)(C)C)c1)C1CC(C)(C)NC(C)(C)C1)c1cc(C(C)(C)C)c(O)c(C(C)(C)C)c1. The number of benzene rings is 2. The predicted molar refractivity (Wildman–Crippen MR) is 351 cm³/mol. The van der Waals surface area contributed by atoms with E-state index >= 15 is 4.79 Å². The molecule has 3 saturated heterocycles. The molecule has 0 amide bonds. The fourth-order valence-corrected chi connectivity index (χ4v) is 15.8. The third-order valence-corrected chi connectivity index (χ3v) is 19.0. The van der Waals surface area contributed by atoms with Crippen LogP contribution in [-0.4, -0.2) is 84.1 Å². The molecule has 0 bridgehead atoms. The zero-order valence-electron chi connectivity index (χ0n) is 59.0. The van der Waals surface area contributed by atoms with E-state index in [0.717, 1.165) is 79.2 Å². The molecule has 86 heavy (non-hydrogen) atoms. The summed E-state index contributed by atoms with van der Waals surface area (Å²) in [5.74, 6) is -1.62. The summed E-state index contributed by atoms with van der Waals surface area (Å²) in [6, 6.07) is 7.81. The van der Waals surface area contributed by atoms with Crippen molar-refractivity contribution < 1.29 is 49.1 Å². The molecule has 3 aliphatic rings. The van der Waals surface area contributed by atoms with Crippen molar-refractivity contribution in [2.75, 3.05) is 6.61 Å². The van der Waals surface area contributed by atoms with Crippen molar-refractivity contribution in [1.29, 1.82) is 0 Å². The number of ether oxygens (including phenoxy) is 2. The largest absolute Gasteiger partial charge is 0.507 e. The van der Waals surface area contributed by atoms with Crippen molar-refractivity contribution in [2.45, 2.75) is 336 Å². The molecular weight excluding hydrogens is 1080 g/mol. The normalized spacial score (nSPS) is 21.0. The summed E-state index contributed by atoms with van der Waals surface area (Å²) in [6.07, 6.45) is 9.46. The molecule has 3 heterocycles. The number of aliphatic carboxylic acids is 2. The minimum absolute atomic E-state index is 0.109. The van der Waals surface area contributed by atoms with Crippen molar-refractivity contribution in [3.8, 4) is 11.5 Å². The van der Waals surface area contributed by atoms with Crippen LogP contribution in [0.4, 0.5) is 0 Å². The lowest BCUT2D eigenvalue weighted by atomic mass is 9.52. The molecule has 490 valence electrons. The van der Waals surface area contributed by atoms with Gasteiger partial charge in [0.25, 0.3) is 0 Å². The van der Waals surface area contributed by atoms with Crippen LogP contribution in [0.25, 0.3) is 0 Å². The molecule has 5 rings (SSSR count).